The summed E-state index contributed by atoms with van der Waals surface area (Å²) in [7, 11) is 0. The molecule has 3 aromatic rings. The molecule has 32 heavy (non-hydrogen) atoms. The second-order valence-corrected chi connectivity index (χ2v) is 9.76. The third kappa shape index (κ3) is 3.70. The number of piperidine rings is 1. The number of pyridine rings is 1. The molecule has 0 saturated carbocycles. The van der Waals surface area contributed by atoms with E-state index in [4.69, 9.17) is 5.73 Å². The van der Waals surface area contributed by atoms with Gasteiger partial charge in [0.15, 0.2) is 0 Å². The van der Waals surface area contributed by atoms with Crippen LogP contribution in [0.1, 0.15) is 52.2 Å². The molecule has 5 nitrogen and oxygen atoms in total. The topological polar surface area (TPSA) is 71.2 Å². The maximum absolute atomic E-state index is 15.3. The summed E-state index contributed by atoms with van der Waals surface area (Å²) in [6.45, 7) is 3.41. The fraction of sp³-hybridized carbons (Fsp3) is 0.417. The van der Waals surface area contributed by atoms with E-state index in [1.165, 1.54) is 17.4 Å². The Hall–Kier alpha value is -2.74. The van der Waals surface area contributed by atoms with Gasteiger partial charge in [0.1, 0.15) is 21.3 Å². The van der Waals surface area contributed by atoms with Crippen LogP contribution in [0.2, 0.25) is 0 Å². The standard InChI is InChI=1S/C24H26F2N4OS/c1-13-5-7-16-21(27)22(32-24(16)28-13)23(31)29-14-6-8-15-17(11-14)18(25)12-19(20(15)26)30-9-3-2-4-10-30/h5,7,12,14H,2-4,6,8-11,27H2,1H3,(H,29,31)/t14-/m0/s1. The van der Waals surface area contributed by atoms with Gasteiger partial charge in [-0.1, -0.05) is 0 Å². The smallest absolute Gasteiger partial charge is 0.263 e. The maximum atomic E-state index is 15.3. The second-order valence-electron chi connectivity index (χ2n) is 8.76. The summed E-state index contributed by atoms with van der Waals surface area (Å²) in [5.74, 6) is -0.979. The minimum absolute atomic E-state index is 0.270. The van der Waals surface area contributed by atoms with Gasteiger partial charge in [-0.3, -0.25) is 4.79 Å². The Morgan fingerprint density at radius 2 is 2.00 bits per heavy atom. The number of halogens is 2. The third-order valence-corrected chi connectivity index (χ3v) is 7.68. The highest BCUT2D eigenvalue weighted by molar-refractivity contribution is 7.21. The number of rotatable bonds is 3. The molecule has 1 aliphatic carbocycles. The normalized spacial score (nSPS) is 18.6. The SMILES string of the molecule is Cc1ccc2c(N)c(C(=O)N[C@H]3CCc4c(F)c(N5CCCCC5)cc(F)c4C3)sc2n1. The van der Waals surface area contributed by atoms with Crippen molar-refractivity contribution in [1.29, 1.82) is 0 Å². The monoisotopic (exact) mass is 456 g/mol. The van der Waals surface area contributed by atoms with E-state index in [2.05, 4.69) is 10.3 Å². The average Bonchev–Trinajstić information content (AvgIpc) is 3.12. The highest BCUT2D eigenvalue weighted by atomic mass is 32.1. The van der Waals surface area contributed by atoms with Crippen LogP contribution in [-0.2, 0) is 12.8 Å². The number of nitrogen functional groups attached to an aromatic ring is 1. The Kier molecular flexibility index (Phi) is 5.49. The van der Waals surface area contributed by atoms with Crippen molar-refractivity contribution in [3.63, 3.8) is 0 Å². The zero-order valence-corrected chi connectivity index (χ0v) is 18.8. The molecule has 8 heteroatoms. The van der Waals surface area contributed by atoms with E-state index in [0.29, 0.717) is 40.2 Å². The predicted octanol–water partition coefficient (Wildman–Crippen LogP) is 4.74. The van der Waals surface area contributed by atoms with Crippen LogP contribution in [0.3, 0.4) is 0 Å². The summed E-state index contributed by atoms with van der Waals surface area (Å²) in [5, 5.41) is 3.74. The van der Waals surface area contributed by atoms with E-state index < -0.39 is 0 Å². The van der Waals surface area contributed by atoms with Gasteiger partial charge in [0.05, 0.1) is 11.4 Å². The summed E-state index contributed by atoms with van der Waals surface area (Å²) >= 11 is 1.26. The van der Waals surface area contributed by atoms with Gasteiger partial charge in [0.2, 0.25) is 0 Å². The highest BCUT2D eigenvalue weighted by Gasteiger charge is 2.30. The molecule has 0 spiro atoms. The Morgan fingerprint density at radius 3 is 2.78 bits per heavy atom. The van der Waals surface area contributed by atoms with Crippen molar-refractivity contribution >= 4 is 38.8 Å². The number of anilines is 2. The van der Waals surface area contributed by atoms with Crippen molar-refractivity contribution in [3.05, 3.63) is 51.5 Å². The van der Waals surface area contributed by atoms with Gasteiger partial charge in [-0.05, 0) is 68.7 Å². The van der Waals surface area contributed by atoms with Crippen LogP contribution in [0.5, 0.6) is 0 Å². The lowest BCUT2D eigenvalue weighted by atomic mass is 9.86. The summed E-state index contributed by atoms with van der Waals surface area (Å²) in [6, 6.07) is 4.79. The first-order valence-electron chi connectivity index (χ1n) is 11.1. The zero-order valence-electron chi connectivity index (χ0n) is 18.0. The van der Waals surface area contributed by atoms with E-state index in [-0.39, 0.29) is 30.0 Å². The molecule has 5 rings (SSSR count). The van der Waals surface area contributed by atoms with Gasteiger partial charge in [-0.2, -0.15) is 0 Å². The first-order valence-corrected chi connectivity index (χ1v) is 11.9. The molecule has 1 aliphatic heterocycles. The first kappa shape index (κ1) is 21.1. The molecule has 1 aromatic carbocycles. The number of nitrogens with two attached hydrogens (primary N) is 1. The number of aryl methyl sites for hydroxylation is 1. The molecular weight excluding hydrogens is 430 g/mol. The van der Waals surface area contributed by atoms with Crippen molar-refractivity contribution in [2.24, 2.45) is 0 Å². The first-order chi connectivity index (χ1) is 15.4. The Labute approximate surface area is 189 Å². The minimum Gasteiger partial charge on any atom is -0.397 e. The van der Waals surface area contributed by atoms with Crippen molar-refractivity contribution < 1.29 is 13.6 Å². The van der Waals surface area contributed by atoms with Gasteiger partial charge in [-0.15, -0.1) is 11.3 Å². The van der Waals surface area contributed by atoms with Crippen LogP contribution < -0.4 is 16.0 Å². The molecule has 3 heterocycles. The molecule has 1 amide bonds. The predicted molar refractivity (Wildman–Crippen MR) is 124 cm³/mol. The van der Waals surface area contributed by atoms with Crippen molar-refractivity contribution in [1.82, 2.24) is 10.3 Å². The number of benzene rings is 1. The number of nitrogens with one attached hydrogen (secondary N) is 1. The van der Waals surface area contributed by atoms with Gasteiger partial charge in [0.25, 0.3) is 5.91 Å². The fourth-order valence-electron chi connectivity index (χ4n) is 4.85. The molecule has 1 saturated heterocycles. The highest BCUT2D eigenvalue weighted by Crippen LogP contribution is 2.35. The second kappa shape index (κ2) is 8.31. The zero-order chi connectivity index (χ0) is 22.4. The fourth-order valence-corrected chi connectivity index (χ4v) is 5.89. The van der Waals surface area contributed by atoms with Crippen LogP contribution >= 0.6 is 11.3 Å². The number of fused-ring (bicyclic) bond motifs is 2. The molecule has 0 unspecified atom stereocenters. The molecule has 0 radical (unpaired) electrons. The molecule has 168 valence electrons. The number of hydrogen-bond donors (Lipinski definition) is 2. The van der Waals surface area contributed by atoms with E-state index in [1.54, 1.807) is 0 Å². The van der Waals surface area contributed by atoms with Crippen molar-refractivity contribution in [2.45, 2.75) is 51.5 Å². The molecule has 2 aliphatic rings. The van der Waals surface area contributed by atoms with E-state index in [0.717, 1.165) is 48.3 Å². The van der Waals surface area contributed by atoms with Crippen molar-refractivity contribution in [2.75, 3.05) is 23.7 Å². The maximum Gasteiger partial charge on any atom is 0.263 e. The van der Waals surface area contributed by atoms with Gasteiger partial charge in [0, 0.05) is 36.3 Å². The van der Waals surface area contributed by atoms with E-state index in [1.807, 2.05) is 24.0 Å². The number of thiophene rings is 1. The quantitative estimate of drug-likeness (QED) is 0.597. The Balaban J connectivity index is 1.36. The summed E-state index contributed by atoms with van der Waals surface area (Å²) in [4.78, 5) is 20.5. The average molecular weight is 457 g/mol. The number of carbonyl (C=O) groups excluding carboxylic acids is 1. The minimum atomic E-state index is -0.387. The third-order valence-electron chi connectivity index (χ3n) is 6.57. The molecular formula is C24H26F2N4OS. The lowest BCUT2D eigenvalue weighted by Crippen LogP contribution is -2.39. The molecule has 0 bridgehead atoms. The van der Waals surface area contributed by atoms with Crippen LogP contribution in [0, 0.1) is 18.6 Å². The van der Waals surface area contributed by atoms with Crippen LogP contribution in [0.4, 0.5) is 20.2 Å². The van der Waals surface area contributed by atoms with E-state index >= 15 is 8.78 Å². The lowest BCUT2D eigenvalue weighted by molar-refractivity contribution is 0.0938. The Morgan fingerprint density at radius 1 is 1.22 bits per heavy atom. The summed E-state index contributed by atoms with van der Waals surface area (Å²) in [5.41, 5.74) is 8.68. The number of amides is 1. The summed E-state index contributed by atoms with van der Waals surface area (Å²) < 4.78 is 30.3. The summed E-state index contributed by atoms with van der Waals surface area (Å²) in [6.07, 6.45) is 4.36. The van der Waals surface area contributed by atoms with E-state index in [9.17, 15) is 4.79 Å². The van der Waals surface area contributed by atoms with Crippen molar-refractivity contribution in [3.8, 4) is 0 Å². The lowest BCUT2D eigenvalue weighted by Gasteiger charge is -2.32. The number of hydrogen-bond acceptors (Lipinski definition) is 5. The van der Waals surface area contributed by atoms with Crippen LogP contribution in [-0.4, -0.2) is 30.0 Å². The molecule has 3 N–H and O–H groups in total. The van der Waals surface area contributed by atoms with Gasteiger partial charge in [-0.25, -0.2) is 13.8 Å². The number of carbonyl (C=O) groups is 1. The molecule has 1 fully saturated rings. The number of nitrogens with zero attached hydrogens (tertiary/aromatic N) is 2. The van der Waals surface area contributed by atoms with Gasteiger partial charge >= 0.3 is 0 Å². The Bertz CT molecular complexity index is 1200. The van der Waals surface area contributed by atoms with Gasteiger partial charge < -0.3 is 16.0 Å². The molecule has 2 aromatic heterocycles. The van der Waals surface area contributed by atoms with Crippen LogP contribution in [0.25, 0.3) is 10.2 Å². The molecule has 1 atom stereocenters. The van der Waals surface area contributed by atoms with Crippen LogP contribution in [0.15, 0.2) is 18.2 Å². The largest absolute Gasteiger partial charge is 0.397 e. The number of aromatic nitrogens is 1.